The zero-order chi connectivity index (χ0) is 22.3. The third-order valence-electron chi connectivity index (χ3n) is 4.67. The topological polar surface area (TPSA) is 86.5 Å². The summed E-state index contributed by atoms with van der Waals surface area (Å²) in [6.45, 7) is 0.211. The Morgan fingerprint density at radius 1 is 0.969 bits per heavy atom. The molecule has 8 heteroatoms. The van der Waals surface area contributed by atoms with Gasteiger partial charge in [0.05, 0.1) is 24.1 Å². The maximum absolute atomic E-state index is 12.3. The van der Waals surface area contributed by atoms with E-state index >= 15 is 0 Å². The van der Waals surface area contributed by atoms with Crippen LogP contribution in [0.2, 0.25) is 0 Å². The highest BCUT2D eigenvalue weighted by Gasteiger charge is 2.21. The predicted octanol–water partition coefficient (Wildman–Crippen LogP) is 4.48. The Morgan fingerprint density at radius 3 is 2.47 bits per heavy atom. The van der Waals surface area contributed by atoms with Gasteiger partial charge >= 0.3 is 5.97 Å². The first-order valence-corrected chi connectivity index (χ1v) is 10.9. The summed E-state index contributed by atoms with van der Waals surface area (Å²) in [6, 6.07) is 23.8. The summed E-state index contributed by atoms with van der Waals surface area (Å²) in [7, 11) is 1.58. The summed E-state index contributed by atoms with van der Waals surface area (Å²) >= 11 is 1.20. The number of benzene rings is 3. The van der Waals surface area contributed by atoms with Crippen LogP contribution in [-0.4, -0.2) is 38.7 Å². The maximum atomic E-state index is 12.3. The zero-order valence-electron chi connectivity index (χ0n) is 17.3. The van der Waals surface area contributed by atoms with E-state index in [1.807, 2.05) is 60.7 Å². The van der Waals surface area contributed by atoms with E-state index in [1.54, 1.807) is 29.9 Å². The van der Waals surface area contributed by atoms with Crippen LogP contribution >= 0.6 is 11.8 Å². The fraction of sp³-hybridized carbons (Fsp3) is 0.125. The van der Waals surface area contributed by atoms with Gasteiger partial charge in [-0.3, -0.25) is 9.36 Å². The van der Waals surface area contributed by atoms with Gasteiger partial charge in [-0.05, 0) is 29.8 Å². The first-order valence-electron chi connectivity index (χ1n) is 9.87. The quantitative estimate of drug-likeness (QED) is 0.315. The van der Waals surface area contributed by atoms with Crippen molar-refractivity contribution in [3.05, 3.63) is 84.4 Å². The van der Waals surface area contributed by atoms with Crippen LogP contribution in [-0.2, 0) is 16.1 Å². The molecule has 7 nitrogen and oxygen atoms in total. The second-order valence-electron chi connectivity index (χ2n) is 6.77. The van der Waals surface area contributed by atoms with Crippen molar-refractivity contribution in [2.45, 2.75) is 11.8 Å². The molecule has 0 atom stereocenters. The Kier molecular flexibility index (Phi) is 6.72. The minimum Gasteiger partial charge on any atom is -0.507 e. The predicted molar refractivity (Wildman–Crippen MR) is 122 cm³/mol. The lowest BCUT2D eigenvalue weighted by Gasteiger charge is -2.14. The molecule has 0 amide bonds. The van der Waals surface area contributed by atoms with Crippen LogP contribution in [0.5, 0.6) is 11.5 Å². The first kappa shape index (κ1) is 21.5. The van der Waals surface area contributed by atoms with Crippen LogP contribution in [0.1, 0.15) is 5.56 Å². The van der Waals surface area contributed by atoms with E-state index in [0.717, 1.165) is 5.56 Å². The molecule has 4 rings (SSSR count). The molecule has 32 heavy (non-hydrogen) atoms. The van der Waals surface area contributed by atoms with Gasteiger partial charge in [0.1, 0.15) is 18.1 Å². The standard InChI is InChI=1S/C24H21N3O4S/c1-30-21-14-8-6-12-19(21)27-23(18-11-5-7-13-20(18)28)25-26-24(27)32-16-22(29)31-15-17-9-3-2-4-10-17/h2-14,28H,15-16H2,1H3. The molecule has 162 valence electrons. The molecule has 0 radical (unpaired) electrons. The molecular formula is C24H21N3O4S. The van der Waals surface area contributed by atoms with Crippen LogP contribution in [0.3, 0.4) is 0 Å². The number of rotatable bonds is 8. The Labute approximate surface area is 189 Å². The van der Waals surface area contributed by atoms with Crippen molar-refractivity contribution in [1.29, 1.82) is 0 Å². The molecule has 0 spiro atoms. The smallest absolute Gasteiger partial charge is 0.316 e. The van der Waals surface area contributed by atoms with E-state index in [9.17, 15) is 9.90 Å². The van der Waals surface area contributed by atoms with E-state index in [2.05, 4.69) is 10.2 Å². The molecule has 0 unspecified atom stereocenters. The van der Waals surface area contributed by atoms with Gasteiger partial charge in [0.2, 0.25) is 0 Å². The number of methoxy groups -OCH3 is 1. The van der Waals surface area contributed by atoms with Crippen LogP contribution in [0, 0.1) is 0 Å². The Morgan fingerprint density at radius 2 is 1.69 bits per heavy atom. The fourth-order valence-corrected chi connectivity index (χ4v) is 3.88. The Bertz CT molecular complexity index is 1210. The third-order valence-corrected chi connectivity index (χ3v) is 5.57. The summed E-state index contributed by atoms with van der Waals surface area (Å²) in [6.07, 6.45) is 0. The van der Waals surface area contributed by atoms with Gasteiger partial charge in [-0.1, -0.05) is 66.4 Å². The summed E-state index contributed by atoms with van der Waals surface area (Å²) in [5, 5.41) is 19.4. The van der Waals surface area contributed by atoms with E-state index in [4.69, 9.17) is 9.47 Å². The molecule has 1 aromatic heterocycles. The molecule has 0 bridgehead atoms. The highest BCUT2D eigenvalue weighted by molar-refractivity contribution is 7.99. The molecule has 0 aliphatic heterocycles. The number of nitrogens with zero attached hydrogens (tertiary/aromatic N) is 3. The Balaban J connectivity index is 1.61. The average Bonchev–Trinajstić information content (AvgIpc) is 3.25. The number of hydrogen-bond acceptors (Lipinski definition) is 7. The molecule has 3 aromatic carbocycles. The third kappa shape index (κ3) is 4.76. The number of phenolic OH excluding ortho intramolecular Hbond substituents is 1. The lowest BCUT2D eigenvalue weighted by Crippen LogP contribution is -2.09. The number of esters is 1. The number of carbonyl (C=O) groups is 1. The molecule has 0 fully saturated rings. The minimum absolute atomic E-state index is 0.0564. The second-order valence-corrected chi connectivity index (χ2v) is 7.71. The average molecular weight is 448 g/mol. The largest absolute Gasteiger partial charge is 0.507 e. The number of aromatic nitrogens is 3. The minimum atomic E-state index is -0.363. The van der Waals surface area contributed by atoms with Gasteiger partial charge < -0.3 is 14.6 Å². The highest BCUT2D eigenvalue weighted by atomic mass is 32.2. The molecule has 0 saturated heterocycles. The molecule has 4 aromatic rings. The number of para-hydroxylation sites is 3. The molecule has 0 saturated carbocycles. The summed E-state index contributed by atoms with van der Waals surface area (Å²) in [4.78, 5) is 12.3. The summed E-state index contributed by atoms with van der Waals surface area (Å²) < 4.78 is 12.7. The Hall–Kier alpha value is -3.78. The lowest BCUT2D eigenvalue weighted by atomic mass is 10.2. The highest BCUT2D eigenvalue weighted by Crippen LogP contribution is 2.35. The molecule has 1 N–H and O–H groups in total. The van der Waals surface area contributed by atoms with Gasteiger partial charge in [-0.25, -0.2) is 0 Å². The van der Waals surface area contributed by atoms with Crippen LogP contribution in [0.25, 0.3) is 17.1 Å². The van der Waals surface area contributed by atoms with Crippen LogP contribution in [0.15, 0.2) is 84.0 Å². The summed E-state index contributed by atoms with van der Waals surface area (Å²) in [5.74, 6) is 0.818. The van der Waals surface area contributed by atoms with E-state index in [-0.39, 0.29) is 24.1 Å². The first-order chi connectivity index (χ1) is 15.7. The van der Waals surface area contributed by atoms with Gasteiger partial charge in [0, 0.05) is 0 Å². The van der Waals surface area contributed by atoms with Gasteiger partial charge in [-0.2, -0.15) is 0 Å². The van der Waals surface area contributed by atoms with Crippen molar-refractivity contribution in [2.75, 3.05) is 12.9 Å². The monoisotopic (exact) mass is 447 g/mol. The summed E-state index contributed by atoms with van der Waals surface area (Å²) in [5.41, 5.74) is 2.13. The number of carbonyl (C=O) groups excluding carboxylic acids is 1. The molecule has 1 heterocycles. The SMILES string of the molecule is COc1ccccc1-n1c(SCC(=O)OCc2ccccc2)nnc1-c1ccccc1O. The van der Waals surface area contributed by atoms with Gasteiger partial charge in [0.25, 0.3) is 0 Å². The van der Waals surface area contributed by atoms with Crippen LogP contribution < -0.4 is 4.74 Å². The van der Waals surface area contributed by atoms with Crippen molar-refractivity contribution < 1.29 is 19.4 Å². The van der Waals surface area contributed by atoms with E-state index < -0.39 is 0 Å². The maximum Gasteiger partial charge on any atom is 0.316 e. The van der Waals surface area contributed by atoms with E-state index in [1.165, 1.54) is 11.8 Å². The van der Waals surface area contributed by atoms with Crippen LogP contribution in [0.4, 0.5) is 0 Å². The number of phenols is 1. The zero-order valence-corrected chi connectivity index (χ0v) is 18.2. The number of aromatic hydroxyl groups is 1. The van der Waals surface area contributed by atoms with Crippen molar-refractivity contribution in [3.8, 4) is 28.6 Å². The normalized spacial score (nSPS) is 10.7. The molecular weight excluding hydrogens is 426 g/mol. The fourth-order valence-electron chi connectivity index (χ4n) is 3.14. The number of ether oxygens (including phenoxy) is 2. The van der Waals surface area contributed by atoms with Crippen molar-refractivity contribution in [1.82, 2.24) is 14.8 Å². The molecule has 0 aliphatic rings. The van der Waals surface area contributed by atoms with Crippen molar-refractivity contribution in [2.24, 2.45) is 0 Å². The van der Waals surface area contributed by atoms with E-state index in [0.29, 0.717) is 28.0 Å². The second kappa shape index (κ2) is 10.0. The van der Waals surface area contributed by atoms with Crippen molar-refractivity contribution >= 4 is 17.7 Å². The number of hydrogen-bond donors (Lipinski definition) is 1. The number of thioether (sulfide) groups is 1. The van der Waals surface area contributed by atoms with Crippen molar-refractivity contribution in [3.63, 3.8) is 0 Å². The van der Waals surface area contributed by atoms with Gasteiger partial charge in [0.15, 0.2) is 11.0 Å². The van der Waals surface area contributed by atoms with Gasteiger partial charge in [-0.15, -0.1) is 10.2 Å². The molecule has 0 aliphatic carbocycles. The lowest BCUT2D eigenvalue weighted by molar-refractivity contribution is -0.141.